The molecule has 0 aliphatic heterocycles. The summed E-state index contributed by atoms with van der Waals surface area (Å²) in [7, 11) is 0. The SMILES string of the molecule is O=C(O)C1(OCCCO)CCC1. The standard InChI is InChI=1S/C8H14O4/c9-5-2-6-12-8(7(10)11)3-1-4-8/h9H,1-6H2,(H,10,11). The van der Waals surface area contributed by atoms with Gasteiger partial charge in [-0.2, -0.15) is 0 Å². The molecule has 1 aliphatic carbocycles. The number of aliphatic hydroxyl groups excluding tert-OH is 1. The van der Waals surface area contributed by atoms with Crippen LogP contribution in [0.3, 0.4) is 0 Å². The Labute approximate surface area is 71.2 Å². The van der Waals surface area contributed by atoms with Crippen molar-refractivity contribution in [3.8, 4) is 0 Å². The van der Waals surface area contributed by atoms with E-state index in [0.717, 1.165) is 6.42 Å². The van der Waals surface area contributed by atoms with Gasteiger partial charge in [0.05, 0.1) is 6.61 Å². The number of rotatable bonds is 5. The largest absolute Gasteiger partial charge is 0.479 e. The van der Waals surface area contributed by atoms with E-state index in [2.05, 4.69) is 0 Å². The van der Waals surface area contributed by atoms with E-state index in [4.69, 9.17) is 14.9 Å². The lowest BCUT2D eigenvalue weighted by molar-refractivity contribution is -0.179. The molecule has 0 bridgehead atoms. The molecule has 0 atom stereocenters. The van der Waals surface area contributed by atoms with Gasteiger partial charge in [-0.1, -0.05) is 0 Å². The van der Waals surface area contributed by atoms with Gasteiger partial charge in [0.25, 0.3) is 0 Å². The predicted octanol–water partition coefficient (Wildman–Crippen LogP) is 0.393. The molecule has 1 rings (SSSR count). The van der Waals surface area contributed by atoms with Crippen LogP contribution >= 0.6 is 0 Å². The number of ether oxygens (including phenoxy) is 1. The molecule has 0 amide bonds. The summed E-state index contributed by atoms with van der Waals surface area (Å²) in [6, 6.07) is 0. The summed E-state index contributed by atoms with van der Waals surface area (Å²) in [5.41, 5.74) is -0.921. The first-order valence-electron chi connectivity index (χ1n) is 4.19. The van der Waals surface area contributed by atoms with Gasteiger partial charge in [0.1, 0.15) is 0 Å². The number of carboxylic acids is 1. The second-order valence-corrected chi connectivity index (χ2v) is 3.08. The van der Waals surface area contributed by atoms with E-state index < -0.39 is 11.6 Å². The van der Waals surface area contributed by atoms with Gasteiger partial charge in [-0.3, -0.25) is 0 Å². The molecule has 0 heterocycles. The van der Waals surface area contributed by atoms with Crippen LogP contribution in [0.5, 0.6) is 0 Å². The highest BCUT2D eigenvalue weighted by atomic mass is 16.5. The zero-order chi connectivity index (χ0) is 9.03. The smallest absolute Gasteiger partial charge is 0.335 e. The van der Waals surface area contributed by atoms with Gasteiger partial charge in [0.2, 0.25) is 0 Å². The summed E-state index contributed by atoms with van der Waals surface area (Å²) < 4.78 is 5.21. The van der Waals surface area contributed by atoms with E-state index >= 15 is 0 Å². The lowest BCUT2D eigenvalue weighted by Gasteiger charge is -2.37. The van der Waals surface area contributed by atoms with Crippen molar-refractivity contribution in [2.45, 2.75) is 31.3 Å². The van der Waals surface area contributed by atoms with Crippen LogP contribution < -0.4 is 0 Å². The van der Waals surface area contributed by atoms with Gasteiger partial charge >= 0.3 is 5.97 Å². The predicted molar refractivity (Wildman–Crippen MR) is 41.9 cm³/mol. The maximum absolute atomic E-state index is 10.7. The average Bonchev–Trinajstić information content (AvgIpc) is 1.94. The Kier molecular flexibility index (Phi) is 3.05. The van der Waals surface area contributed by atoms with Crippen molar-refractivity contribution in [1.29, 1.82) is 0 Å². The van der Waals surface area contributed by atoms with E-state index in [1.54, 1.807) is 0 Å². The highest BCUT2D eigenvalue weighted by Gasteiger charge is 2.45. The van der Waals surface area contributed by atoms with E-state index in [1.807, 2.05) is 0 Å². The Bertz CT molecular complexity index is 162. The van der Waals surface area contributed by atoms with Gasteiger partial charge in [-0.15, -0.1) is 0 Å². The minimum absolute atomic E-state index is 0.0513. The second kappa shape index (κ2) is 3.87. The minimum atomic E-state index is -0.921. The van der Waals surface area contributed by atoms with Gasteiger partial charge in [0, 0.05) is 6.61 Å². The lowest BCUT2D eigenvalue weighted by atomic mass is 9.80. The Morgan fingerprint density at radius 2 is 2.17 bits per heavy atom. The van der Waals surface area contributed by atoms with Crippen molar-refractivity contribution < 1.29 is 19.7 Å². The van der Waals surface area contributed by atoms with Crippen LogP contribution in [-0.4, -0.2) is 35.0 Å². The van der Waals surface area contributed by atoms with Crippen molar-refractivity contribution >= 4 is 5.97 Å². The third-order valence-corrected chi connectivity index (χ3v) is 2.23. The maximum atomic E-state index is 10.7. The van der Waals surface area contributed by atoms with Gasteiger partial charge in [-0.05, 0) is 25.7 Å². The average molecular weight is 174 g/mol. The third-order valence-electron chi connectivity index (χ3n) is 2.23. The van der Waals surface area contributed by atoms with Crippen LogP contribution in [-0.2, 0) is 9.53 Å². The molecule has 0 saturated heterocycles. The van der Waals surface area contributed by atoms with Crippen molar-refractivity contribution in [2.75, 3.05) is 13.2 Å². The summed E-state index contributed by atoms with van der Waals surface area (Å²) >= 11 is 0. The van der Waals surface area contributed by atoms with Crippen LogP contribution in [0.4, 0.5) is 0 Å². The molecule has 2 N–H and O–H groups in total. The molecule has 1 aliphatic rings. The van der Waals surface area contributed by atoms with Gasteiger partial charge in [-0.25, -0.2) is 4.79 Å². The topological polar surface area (TPSA) is 66.8 Å². The zero-order valence-electron chi connectivity index (χ0n) is 6.95. The fourth-order valence-corrected chi connectivity index (χ4v) is 1.25. The van der Waals surface area contributed by atoms with Crippen molar-refractivity contribution in [3.63, 3.8) is 0 Å². The van der Waals surface area contributed by atoms with Crippen LogP contribution in [0.2, 0.25) is 0 Å². The Morgan fingerprint density at radius 3 is 2.50 bits per heavy atom. The molecule has 1 saturated carbocycles. The first-order chi connectivity index (χ1) is 5.71. The number of carboxylic acid groups (broad SMARTS) is 1. The number of aliphatic hydroxyl groups is 1. The lowest BCUT2D eigenvalue weighted by Crippen LogP contribution is -2.48. The highest BCUT2D eigenvalue weighted by Crippen LogP contribution is 2.35. The fourth-order valence-electron chi connectivity index (χ4n) is 1.25. The van der Waals surface area contributed by atoms with Crippen LogP contribution in [0, 0.1) is 0 Å². The number of carbonyl (C=O) groups is 1. The highest BCUT2D eigenvalue weighted by molar-refractivity contribution is 5.78. The second-order valence-electron chi connectivity index (χ2n) is 3.08. The summed E-state index contributed by atoms with van der Waals surface area (Å²) in [4.78, 5) is 10.7. The maximum Gasteiger partial charge on any atom is 0.335 e. The number of hydrogen-bond donors (Lipinski definition) is 2. The summed E-state index contributed by atoms with van der Waals surface area (Å²) in [5.74, 6) is -0.869. The molecule has 4 nitrogen and oxygen atoms in total. The molecule has 1 fully saturated rings. The van der Waals surface area contributed by atoms with Crippen molar-refractivity contribution in [3.05, 3.63) is 0 Å². The Balaban J connectivity index is 2.30. The number of aliphatic carboxylic acids is 1. The Morgan fingerprint density at radius 1 is 1.50 bits per heavy atom. The molecular formula is C8H14O4. The van der Waals surface area contributed by atoms with E-state index in [0.29, 0.717) is 25.9 Å². The molecule has 70 valence electrons. The molecule has 0 unspecified atom stereocenters. The van der Waals surface area contributed by atoms with Gasteiger partial charge < -0.3 is 14.9 Å². The molecule has 0 spiro atoms. The summed E-state index contributed by atoms with van der Waals surface area (Å²) in [6.45, 7) is 0.387. The normalized spacial score (nSPS) is 20.1. The molecule has 0 radical (unpaired) electrons. The summed E-state index contributed by atoms with van der Waals surface area (Å²) in [6.07, 6.45) is 2.64. The van der Waals surface area contributed by atoms with Crippen LogP contribution in [0.1, 0.15) is 25.7 Å². The van der Waals surface area contributed by atoms with E-state index in [-0.39, 0.29) is 6.61 Å². The van der Waals surface area contributed by atoms with Gasteiger partial charge in [0.15, 0.2) is 5.60 Å². The quantitative estimate of drug-likeness (QED) is 0.592. The van der Waals surface area contributed by atoms with Crippen LogP contribution in [0.25, 0.3) is 0 Å². The van der Waals surface area contributed by atoms with Crippen LogP contribution in [0.15, 0.2) is 0 Å². The Hall–Kier alpha value is -0.610. The molecule has 0 aromatic rings. The van der Waals surface area contributed by atoms with E-state index in [9.17, 15) is 4.79 Å². The molecule has 12 heavy (non-hydrogen) atoms. The third kappa shape index (κ3) is 1.76. The van der Waals surface area contributed by atoms with Crippen molar-refractivity contribution in [1.82, 2.24) is 0 Å². The minimum Gasteiger partial charge on any atom is -0.479 e. The summed E-state index contributed by atoms with van der Waals surface area (Å²) in [5, 5.41) is 17.3. The fraction of sp³-hybridized carbons (Fsp3) is 0.875. The molecular weight excluding hydrogens is 160 g/mol. The van der Waals surface area contributed by atoms with Crippen molar-refractivity contribution in [2.24, 2.45) is 0 Å². The van der Waals surface area contributed by atoms with E-state index in [1.165, 1.54) is 0 Å². The first-order valence-corrected chi connectivity index (χ1v) is 4.19. The zero-order valence-corrected chi connectivity index (χ0v) is 6.95. The molecule has 0 aromatic carbocycles. The first kappa shape index (κ1) is 9.48. The number of hydrogen-bond acceptors (Lipinski definition) is 3. The molecule has 4 heteroatoms. The monoisotopic (exact) mass is 174 g/mol. The molecule has 0 aromatic heterocycles.